The second kappa shape index (κ2) is 26.2. The van der Waals surface area contributed by atoms with Crippen LogP contribution in [0.4, 0.5) is 0 Å². The molecule has 19 heteroatoms. The smallest absolute Gasteiger partial charge is 0.326 e. The van der Waals surface area contributed by atoms with E-state index in [1.54, 1.807) is 6.92 Å². The third kappa shape index (κ3) is 21.7. The maximum atomic E-state index is 13.9. The molecule has 0 aromatic carbocycles. The number of carbonyl (C=O) groups excluding carboxylic acids is 5. The van der Waals surface area contributed by atoms with E-state index in [-0.39, 0.29) is 80.7 Å². The number of aliphatic carboxylic acids is 1. The molecule has 0 aliphatic heterocycles. The summed E-state index contributed by atoms with van der Waals surface area (Å²) in [6.45, 7) is 15.3. The number of rotatable bonds is 27. The number of hydrogen-bond donors (Lipinski definition) is 11. The van der Waals surface area contributed by atoms with Crippen molar-refractivity contribution in [2.75, 3.05) is 13.1 Å². The molecule has 0 aliphatic rings. The number of nitrogens with zero attached hydrogens (tertiary/aromatic N) is 2. The van der Waals surface area contributed by atoms with Crippen molar-refractivity contribution >= 4 is 47.4 Å². The van der Waals surface area contributed by atoms with Gasteiger partial charge in [0.2, 0.25) is 29.5 Å². The molecule has 0 aromatic rings. The number of hydrogen-bond acceptors (Lipinski definition) is 9. The Morgan fingerprint density at radius 3 is 1.25 bits per heavy atom. The zero-order chi connectivity index (χ0) is 42.4. The molecule has 0 fully saturated rings. The molecule has 0 heterocycles. The predicted octanol–water partition coefficient (Wildman–Crippen LogP) is -0.886. The van der Waals surface area contributed by atoms with Crippen molar-refractivity contribution < 1.29 is 33.9 Å². The highest BCUT2D eigenvalue weighted by molar-refractivity contribution is 5.96. The molecule has 0 aromatic heterocycles. The molecule has 0 bridgehead atoms. The van der Waals surface area contributed by atoms with Gasteiger partial charge in [0.1, 0.15) is 30.2 Å². The van der Waals surface area contributed by atoms with Crippen LogP contribution < -0.4 is 55.3 Å². The van der Waals surface area contributed by atoms with Crippen LogP contribution in [0.2, 0.25) is 0 Å². The number of amides is 5. The summed E-state index contributed by atoms with van der Waals surface area (Å²) in [4.78, 5) is 87.5. The third-order valence-corrected chi connectivity index (χ3v) is 8.68. The van der Waals surface area contributed by atoms with Crippen LogP contribution in [0.25, 0.3) is 0 Å². The molecule has 5 amide bonds. The third-order valence-electron chi connectivity index (χ3n) is 8.68. The van der Waals surface area contributed by atoms with E-state index in [1.165, 1.54) is 0 Å². The number of nitrogens with two attached hydrogens (primary N) is 5. The van der Waals surface area contributed by atoms with Crippen LogP contribution in [0.1, 0.15) is 107 Å². The van der Waals surface area contributed by atoms with E-state index in [0.717, 1.165) is 0 Å². The number of aliphatic imine (C=N–C) groups is 2. The summed E-state index contributed by atoms with van der Waals surface area (Å²) in [7, 11) is 0. The first-order chi connectivity index (χ1) is 25.6. The summed E-state index contributed by atoms with van der Waals surface area (Å²) in [5.74, 6) is -5.04. The number of carboxylic acids is 1. The molecule has 0 rings (SSSR count). The van der Waals surface area contributed by atoms with Gasteiger partial charge in [-0.3, -0.25) is 34.0 Å². The SMILES string of the molecule is CC[C@H](C)[C@H](NC(=O)[C@@H](N)CCCN=C(N)N)C(=O)N[C@@H](CC(C)C)C(=O)N[C@@H](CC(C)C)C(=O)N[C@@H](CC(C)C)C(=O)N[C@@H](CCCN=C(N)N)C(=O)O. The highest BCUT2D eigenvalue weighted by Crippen LogP contribution is 2.14. The maximum Gasteiger partial charge on any atom is 0.326 e. The molecule has 0 spiro atoms. The van der Waals surface area contributed by atoms with E-state index in [2.05, 4.69) is 36.6 Å². The number of carbonyl (C=O) groups is 6. The molecule has 0 saturated carbocycles. The second-order valence-corrected chi connectivity index (χ2v) is 15.3. The summed E-state index contributed by atoms with van der Waals surface area (Å²) < 4.78 is 0. The largest absolute Gasteiger partial charge is 0.480 e. The van der Waals surface area contributed by atoms with E-state index < -0.39 is 71.8 Å². The molecule has 55 heavy (non-hydrogen) atoms. The standard InChI is InChI=1S/C36H70N12O7/c1-9-22(8)28(48-29(49)23(37)12-10-14-42-35(38)39)33(53)47-27(18-21(6)7)32(52)46-26(17-20(4)5)31(51)45-25(16-19(2)3)30(50)44-24(34(54)55)13-11-15-43-36(40)41/h19-28H,9-18,37H2,1-8H3,(H,44,50)(H,45,51)(H,46,52)(H,47,53)(H,48,49)(H,54,55)(H4,38,39,42)(H4,40,41,43)/t22-,23-,24-,25-,26-,27-,28-/m0/s1. The Hall–Kier alpha value is -4.68. The maximum absolute atomic E-state index is 13.9. The summed E-state index contributed by atoms with van der Waals surface area (Å²) in [6.07, 6.45) is 2.19. The molecule has 7 atom stereocenters. The highest BCUT2D eigenvalue weighted by atomic mass is 16.4. The first-order valence-corrected chi connectivity index (χ1v) is 19.2. The average Bonchev–Trinajstić information content (AvgIpc) is 3.07. The first kappa shape index (κ1) is 50.3. The van der Waals surface area contributed by atoms with Gasteiger partial charge < -0.3 is 60.4 Å². The molecule has 0 unspecified atom stereocenters. The van der Waals surface area contributed by atoms with Crippen LogP contribution in [-0.4, -0.2) is 102 Å². The van der Waals surface area contributed by atoms with Gasteiger partial charge in [-0.2, -0.15) is 0 Å². The van der Waals surface area contributed by atoms with Gasteiger partial charge in [-0.25, -0.2) is 4.79 Å². The predicted molar refractivity (Wildman–Crippen MR) is 213 cm³/mol. The summed E-state index contributed by atoms with van der Waals surface area (Å²) >= 11 is 0. The van der Waals surface area contributed by atoms with Crippen molar-refractivity contribution in [1.82, 2.24) is 26.6 Å². The van der Waals surface area contributed by atoms with Crippen LogP contribution in [0.3, 0.4) is 0 Å². The Kier molecular flexibility index (Phi) is 24.0. The fourth-order valence-electron chi connectivity index (χ4n) is 5.56. The number of guanidine groups is 2. The van der Waals surface area contributed by atoms with E-state index in [0.29, 0.717) is 19.4 Å². The fraction of sp³-hybridized carbons (Fsp3) is 0.778. The van der Waals surface area contributed by atoms with Crippen molar-refractivity contribution in [2.24, 2.45) is 62.3 Å². The lowest BCUT2D eigenvalue weighted by atomic mass is 9.95. The molecular weight excluding hydrogens is 712 g/mol. The molecule has 16 N–H and O–H groups in total. The lowest BCUT2D eigenvalue weighted by Crippen LogP contribution is -2.60. The quantitative estimate of drug-likeness (QED) is 0.0275. The highest BCUT2D eigenvalue weighted by Gasteiger charge is 2.34. The Morgan fingerprint density at radius 2 is 0.909 bits per heavy atom. The second-order valence-electron chi connectivity index (χ2n) is 15.3. The number of carboxylic acid groups (broad SMARTS) is 1. The van der Waals surface area contributed by atoms with Crippen molar-refractivity contribution in [1.29, 1.82) is 0 Å². The lowest BCUT2D eigenvalue weighted by Gasteiger charge is -2.30. The van der Waals surface area contributed by atoms with Gasteiger partial charge in [0.05, 0.1) is 6.04 Å². The van der Waals surface area contributed by atoms with Gasteiger partial charge in [-0.05, 0) is 68.6 Å². The summed E-state index contributed by atoms with van der Waals surface area (Å²) in [5, 5.41) is 23.3. The fourth-order valence-corrected chi connectivity index (χ4v) is 5.56. The topological polar surface area (TPSA) is 338 Å². The lowest BCUT2D eigenvalue weighted by molar-refractivity contribution is -0.142. The van der Waals surface area contributed by atoms with Gasteiger partial charge in [0, 0.05) is 13.1 Å². The minimum absolute atomic E-state index is 0.0459. The van der Waals surface area contributed by atoms with Crippen molar-refractivity contribution in [2.45, 2.75) is 143 Å². The van der Waals surface area contributed by atoms with E-state index >= 15 is 0 Å². The first-order valence-electron chi connectivity index (χ1n) is 19.2. The number of nitrogens with one attached hydrogen (secondary N) is 5. The van der Waals surface area contributed by atoms with E-state index in [4.69, 9.17) is 28.7 Å². The van der Waals surface area contributed by atoms with Crippen molar-refractivity contribution in [3.63, 3.8) is 0 Å². The van der Waals surface area contributed by atoms with Gasteiger partial charge in [0.15, 0.2) is 11.9 Å². The Labute approximate surface area is 326 Å². The van der Waals surface area contributed by atoms with Gasteiger partial charge >= 0.3 is 5.97 Å². The van der Waals surface area contributed by atoms with E-state index in [9.17, 15) is 33.9 Å². The van der Waals surface area contributed by atoms with Gasteiger partial charge in [-0.15, -0.1) is 0 Å². The summed E-state index contributed by atoms with van der Waals surface area (Å²) in [6, 6.07) is -6.46. The van der Waals surface area contributed by atoms with Crippen LogP contribution in [0, 0.1) is 23.7 Å². The van der Waals surface area contributed by atoms with Crippen LogP contribution in [0.5, 0.6) is 0 Å². The van der Waals surface area contributed by atoms with Crippen LogP contribution >= 0.6 is 0 Å². The van der Waals surface area contributed by atoms with Crippen LogP contribution in [-0.2, 0) is 28.8 Å². The van der Waals surface area contributed by atoms with E-state index in [1.807, 2.05) is 48.5 Å². The Morgan fingerprint density at radius 1 is 0.545 bits per heavy atom. The molecule has 0 radical (unpaired) electrons. The molecule has 0 saturated heterocycles. The van der Waals surface area contributed by atoms with Crippen LogP contribution in [0.15, 0.2) is 9.98 Å². The Balaban J connectivity index is 6.10. The minimum Gasteiger partial charge on any atom is -0.480 e. The molecule has 316 valence electrons. The normalized spacial score (nSPS) is 15.1. The zero-order valence-electron chi connectivity index (χ0n) is 34.0. The molecule has 19 nitrogen and oxygen atoms in total. The monoisotopic (exact) mass is 783 g/mol. The zero-order valence-corrected chi connectivity index (χ0v) is 34.0. The van der Waals surface area contributed by atoms with Crippen molar-refractivity contribution in [3.8, 4) is 0 Å². The van der Waals surface area contributed by atoms with Crippen molar-refractivity contribution in [3.05, 3.63) is 0 Å². The summed E-state index contributed by atoms with van der Waals surface area (Å²) in [5.41, 5.74) is 27.4. The average molecular weight is 783 g/mol. The molecular formula is C36H70N12O7. The molecule has 0 aliphatic carbocycles. The van der Waals surface area contributed by atoms with Gasteiger partial charge in [0.25, 0.3) is 0 Å². The van der Waals surface area contributed by atoms with Gasteiger partial charge in [-0.1, -0.05) is 61.8 Å². The Bertz CT molecular complexity index is 1300. The minimum atomic E-state index is -1.26.